The van der Waals surface area contributed by atoms with Gasteiger partial charge in [-0.15, -0.1) is 0 Å². The molecule has 2 N–H and O–H groups in total. The highest BCUT2D eigenvalue weighted by atomic mass is 16.5. The van der Waals surface area contributed by atoms with Crippen molar-refractivity contribution in [2.75, 3.05) is 52.8 Å². The minimum absolute atomic E-state index is 0.0661. The van der Waals surface area contributed by atoms with E-state index in [4.69, 9.17) is 12.6 Å². The quantitative estimate of drug-likeness (QED) is 0.583. The smallest absolute Gasteiger partial charge is 0.321 e. The van der Waals surface area contributed by atoms with Gasteiger partial charge in [-0.25, -0.2) is 4.79 Å². The summed E-state index contributed by atoms with van der Waals surface area (Å²) in [5, 5.41) is 14.0. The van der Waals surface area contributed by atoms with Crippen LogP contribution in [0.2, 0.25) is 0 Å². The van der Waals surface area contributed by atoms with Crippen LogP contribution in [0.1, 0.15) is 44.1 Å². The zero-order chi connectivity index (χ0) is 26.6. The molecule has 6 nitrogen and oxygen atoms in total. The molecule has 1 heterocycles. The van der Waals surface area contributed by atoms with Gasteiger partial charge >= 0.3 is 6.03 Å². The van der Waals surface area contributed by atoms with Crippen LogP contribution in [0, 0.1) is 23.2 Å². The first-order valence-corrected chi connectivity index (χ1v) is 13.6. The first-order valence-electron chi connectivity index (χ1n) is 13.6. The second-order valence-electron chi connectivity index (χ2n) is 11.5. The lowest BCUT2D eigenvalue weighted by molar-refractivity contribution is 0.0709. The number of urea groups is 1. The van der Waals surface area contributed by atoms with E-state index in [1.54, 1.807) is 7.11 Å². The van der Waals surface area contributed by atoms with Crippen LogP contribution >= 0.6 is 0 Å². The monoisotopic (exact) mass is 503 g/mol. The number of benzene rings is 2. The van der Waals surface area contributed by atoms with Crippen LogP contribution < -0.4 is 15.5 Å². The number of nitrogens with one attached hydrogen (secondary N) is 1. The Balaban J connectivity index is 1.69. The second kappa shape index (κ2) is 11.9. The number of hydrogen-bond acceptors (Lipinski definition) is 4. The van der Waals surface area contributed by atoms with E-state index in [1.165, 1.54) is 5.56 Å². The van der Waals surface area contributed by atoms with Gasteiger partial charge in [0.25, 0.3) is 0 Å². The van der Waals surface area contributed by atoms with E-state index in [2.05, 4.69) is 43.4 Å². The molecular weight excluding hydrogens is 461 g/mol. The van der Waals surface area contributed by atoms with Crippen LogP contribution in [0.5, 0.6) is 5.75 Å². The summed E-state index contributed by atoms with van der Waals surface area (Å²) < 4.78 is 5.26. The fourth-order valence-corrected chi connectivity index (χ4v) is 7.01. The molecule has 1 aliphatic heterocycles. The van der Waals surface area contributed by atoms with E-state index in [0.29, 0.717) is 18.4 Å². The molecule has 2 fully saturated rings. The van der Waals surface area contributed by atoms with Crippen LogP contribution in [0.3, 0.4) is 0 Å². The molecule has 2 radical (unpaired) electrons. The predicted octanol–water partition coefficient (Wildman–Crippen LogP) is 4.10. The number of nitrogens with zero attached hydrogens (tertiary/aromatic N) is 2. The Morgan fingerprint density at radius 1 is 1.14 bits per heavy atom. The van der Waals surface area contributed by atoms with E-state index < -0.39 is 0 Å². The summed E-state index contributed by atoms with van der Waals surface area (Å²) in [4.78, 5) is 17.8. The number of aliphatic hydroxyl groups is 1. The number of aliphatic hydroxyl groups excluding tert-OH is 1. The molecule has 4 rings (SSSR count). The Morgan fingerprint density at radius 3 is 2.46 bits per heavy atom. The molecule has 1 saturated heterocycles. The summed E-state index contributed by atoms with van der Waals surface area (Å²) in [6.07, 6.45) is 4.20. The molecule has 1 saturated carbocycles. The summed E-state index contributed by atoms with van der Waals surface area (Å²) in [5.41, 5.74) is 2.43. The number of anilines is 1. The molecule has 37 heavy (non-hydrogen) atoms. The predicted molar refractivity (Wildman–Crippen MR) is 151 cm³/mol. The van der Waals surface area contributed by atoms with Crippen molar-refractivity contribution in [2.45, 2.75) is 38.5 Å². The van der Waals surface area contributed by atoms with Crippen molar-refractivity contribution in [1.29, 1.82) is 0 Å². The summed E-state index contributed by atoms with van der Waals surface area (Å²) in [5.74, 6) is 2.08. The van der Waals surface area contributed by atoms with Gasteiger partial charge in [0.2, 0.25) is 0 Å². The molecule has 198 valence electrons. The Hall–Kier alpha value is -2.51. The molecule has 0 spiro atoms. The first kappa shape index (κ1) is 27.5. The summed E-state index contributed by atoms with van der Waals surface area (Å²) >= 11 is 0. The SMILES string of the molecule is [B]c1ccc([C@@H]2[C@@H]3CN(C(=O)Nc4ccc(OC)cc4)CCCCC(C)C3C[C@]2(CO)CN(C)C)cc1. The lowest BCUT2D eigenvalue weighted by Gasteiger charge is -2.39. The average molecular weight is 503 g/mol. The van der Waals surface area contributed by atoms with Crippen LogP contribution in [-0.4, -0.2) is 76.2 Å². The molecule has 0 aromatic heterocycles. The van der Waals surface area contributed by atoms with E-state index in [1.807, 2.05) is 41.3 Å². The van der Waals surface area contributed by atoms with Crippen LogP contribution in [0.25, 0.3) is 0 Å². The Kier molecular flexibility index (Phi) is 8.86. The third-order valence-electron chi connectivity index (χ3n) is 8.65. The molecule has 2 aliphatic rings. The number of carbonyl (C=O) groups is 1. The molecule has 2 amide bonds. The summed E-state index contributed by atoms with van der Waals surface area (Å²) in [7, 11) is 11.9. The molecule has 2 unspecified atom stereocenters. The van der Waals surface area contributed by atoms with Gasteiger partial charge in [0.05, 0.1) is 13.7 Å². The van der Waals surface area contributed by atoms with Gasteiger partial charge in [-0.2, -0.15) is 0 Å². The van der Waals surface area contributed by atoms with Gasteiger partial charge in [0, 0.05) is 30.7 Å². The molecule has 2 aromatic rings. The van der Waals surface area contributed by atoms with Gasteiger partial charge in [0.15, 0.2) is 0 Å². The first-order chi connectivity index (χ1) is 17.8. The van der Waals surface area contributed by atoms with Crippen molar-refractivity contribution < 1.29 is 14.6 Å². The number of methoxy groups -OCH3 is 1. The summed E-state index contributed by atoms with van der Waals surface area (Å²) in [6.45, 7) is 4.69. The van der Waals surface area contributed by atoms with Crippen molar-refractivity contribution in [3.05, 3.63) is 54.1 Å². The highest BCUT2D eigenvalue weighted by Crippen LogP contribution is 2.58. The standard InChI is InChI=1S/C30H42BN3O3/c1-21-7-5-6-16-34(29(36)32-24-12-14-25(37-4)15-13-24)18-27-26(21)17-30(20-35,19-33(2)3)28(27)22-8-10-23(31)11-9-22/h8-15,21,26-28,35H,5-7,16-20H2,1-4H3,(H,32,36)/t21?,26?,27-,28-,30-/m1/s1. The normalized spacial score (nSPS) is 28.2. The van der Waals surface area contributed by atoms with Gasteiger partial charge in [-0.3, -0.25) is 0 Å². The molecule has 5 atom stereocenters. The molecular formula is C30H42BN3O3. The minimum atomic E-state index is -0.277. The molecule has 7 heteroatoms. The third kappa shape index (κ3) is 6.15. The van der Waals surface area contributed by atoms with E-state index in [0.717, 1.165) is 55.7 Å². The van der Waals surface area contributed by atoms with Crippen molar-refractivity contribution in [3.8, 4) is 5.75 Å². The number of hydrogen-bond donors (Lipinski definition) is 2. The largest absolute Gasteiger partial charge is 0.497 e. The van der Waals surface area contributed by atoms with Crippen molar-refractivity contribution >= 4 is 25.0 Å². The highest BCUT2D eigenvalue weighted by molar-refractivity contribution is 6.32. The topological polar surface area (TPSA) is 65.0 Å². The zero-order valence-corrected chi connectivity index (χ0v) is 22.8. The number of fused-ring (bicyclic) bond motifs is 1. The molecule has 1 aliphatic carbocycles. The lowest BCUT2D eigenvalue weighted by atomic mass is 9.71. The zero-order valence-electron chi connectivity index (χ0n) is 22.8. The van der Waals surface area contributed by atoms with Gasteiger partial charge in [0.1, 0.15) is 13.6 Å². The maximum absolute atomic E-state index is 13.6. The Labute approximate surface area is 223 Å². The van der Waals surface area contributed by atoms with Gasteiger partial charge in [-0.1, -0.05) is 49.5 Å². The fraction of sp³-hybridized carbons (Fsp3) is 0.567. The van der Waals surface area contributed by atoms with Crippen LogP contribution in [0.4, 0.5) is 10.5 Å². The van der Waals surface area contributed by atoms with Crippen molar-refractivity contribution in [2.24, 2.45) is 23.2 Å². The van der Waals surface area contributed by atoms with Crippen LogP contribution in [0.15, 0.2) is 48.5 Å². The Morgan fingerprint density at radius 2 is 1.84 bits per heavy atom. The van der Waals surface area contributed by atoms with Crippen LogP contribution in [-0.2, 0) is 0 Å². The number of amides is 2. The highest BCUT2D eigenvalue weighted by Gasteiger charge is 2.55. The number of rotatable bonds is 6. The fourth-order valence-electron chi connectivity index (χ4n) is 7.01. The third-order valence-corrected chi connectivity index (χ3v) is 8.65. The average Bonchev–Trinajstić information content (AvgIpc) is 3.22. The Bertz CT molecular complexity index is 1030. The maximum atomic E-state index is 13.6. The van der Waals surface area contributed by atoms with Crippen molar-refractivity contribution in [3.63, 3.8) is 0 Å². The minimum Gasteiger partial charge on any atom is -0.497 e. The van der Waals surface area contributed by atoms with Crippen molar-refractivity contribution in [1.82, 2.24) is 9.80 Å². The van der Waals surface area contributed by atoms with E-state index in [-0.39, 0.29) is 29.9 Å². The molecule has 2 aromatic carbocycles. The second-order valence-corrected chi connectivity index (χ2v) is 11.5. The number of ether oxygens (including phenoxy) is 1. The molecule has 0 bridgehead atoms. The van der Waals surface area contributed by atoms with E-state index >= 15 is 0 Å². The summed E-state index contributed by atoms with van der Waals surface area (Å²) in [6, 6.07) is 15.6. The van der Waals surface area contributed by atoms with Gasteiger partial charge < -0.3 is 25.0 Å². The van der Waals surface area contributed by atoms with E-state index in [9.17, 15) is 9.90 Å². The number of carbonyl (C=O) groups excluding carboxylic acids is 1. The van der Waals surface area contributed by atoms with Gasteiger partial charge in [-0.05, 0) is 80.4 Å². The maximum Gasteiger partial charge on any atom is 0.321 e. The lowest BCUT2D eigenvalue weighted by Crippen LogP contribution is -2.44.